The number of nitrogens with zero attached hydrogens (tertiary/aromatic N) is 7. The molecule has 3 N–H and O–H groups in total. The maximum atomic E-state index is 12.3. The van der Waals surface area contributed by atoms with Crippen molar-refractivity contribution in [2.45, 2.75) is 39.7 Å². The Morgan fingerprint density at radius 2 is 1.13 bits per heavy atom. The van der Waals surface area contributed by atoms with Crippen molar-refractivity contribution in [3.63, 3.8) is 0 Å². The Bertz CT molecular complexity index is 2450. The molecule has 2 amide bonds. The maximum Gasteiger partial charge on any atom is 0.262 e. The van der Waals surface area contributed by atoms with E-state index in [1.807, 2.05) is 81.4 Å². The monoisotopic (exact) mass is 844 g/mol. The van der Waals surface area contributed by atoms with Crippen molar-refractivity contribution in [3.8, 4) is 11.5 Å². The molecule has 2 fully saturated rings. The predicted molar refractivity (Wildman–Crippen MR) is 243 cm³/mol. The number of aryl methyl sites for hydroxylation is 3. The lowest BCUT2D eigenvalue weighted by molar-refractivity contribution is -0.118. The van der Waals surface area contributed by atoms with Crippen molar-refractivity contribution >= 4 is 68.5 Å². The molecule has 0 aliphatic carbocycles. The highest BCUT2D eigenvalue weighted by atomic mass is 35.5. The Labute approximate surface area is 361 Å². The zero-order valence-corrected chi connectivity index (χ0v) is 36.1. The van der Waals surface area contributed by atoms with Gasteiger partial charge in [-0.2, -0.15) is 0 Å². The fourth-order valence-electron chi connectivity index (χ4n) is 7.28. The zero-order chi connectivity index (χ0) is 42.9. The van der Waals surface area contributed by atoms with Gasteiger partial charge in [0.1, 0.15) is 11.5 Å². The molecule has 4 aromatic carbocycles. The van der Waals surface area contributed by atoms with Crippen LogP contribution < -0.4 is 35.2 Å². The Morgan fingerprint density at radius 1 is 0.672 bits per heavy atom. The van der Waals surface area contributed by atoms with Crippen LogP contribution in [-0.2, 0) is 9.59 Å². The van der Waals surface area contributed by atoms with Gasteiger partial charge in [0.05, 0.1) is 22.4 Å². The largest absolute Gasteiger partial charge is 0.484 e. The first kappa shape index (κ1) is 43.0. The maximum absolute atomic E-state index is 12.3. The third-order valence-electron chi connectivity index (χ3n) is 10.8. The second-order valence-corrected chi connectivity index (χ2v) is 16.0. The van der Waals surface area contributed by atoms with Gasteiger partial charge >= 0.3 is 0 Å². The van der Waals surface area contributed by atoms with Gasteiger partial charge in [-0.15, -0.1) is 0 Å². The number of piperidine rings is 1. The SMILES string of the molecule is Cc1ccc(OCC(=O)Nc2ccc3nc(N4CCNCC4)nc(C)c3c2)cc1.Cc1nc(N2CCC(N(C)C)CC2)nc2ccc(NC(=O)COc3ccc(Cl)cc3)cc12. The summed E-state index contributed by atoms with van der Waals surface area (Å²) in [6.07, 6.45) is 2.22. The standard InChI is InChI=1S/C24H28ClN5O2.C22H25N5O2/c1-16-21-14-18(27-23(31)15-32-20-7-4-17(25)5-8-20)6-9-22(21)28-24(26-16)30-12-10-19(11-13-30)29(2)3;1-15-3-6-18(7-4-15)29-14-21(28)25-17-5-8-20-19(13-17)16(2)24-22(26-20)27-11-9-23-10-12-27/h4-9,14,19H,10-13,15H2,1-3H3,(H,27,31);3-8,13,23H,9-12,14H2,1-2H3,(H,25,28). The van der Waals surface area contributed by atoms with E-state index >= 15 is 0 Å². The quantitative estimate of drug-likeness (QED) is 0.126. The number of hydrogen-bond acceptors (Lipinski definition) is 12. The van der Waals surface area contributed by atoms with Gasteiger partial charge in [0.15, 0.2) is 13.2 Å². The normalized spacial score (nSPS) is 14.4. The van der Waals surface area contributed by atoms with E-state index in [0.29, 0.717) is 33.9 Å². The minimum Gasteiger partial charge on any atom is -0.484 e. The van der Waals surface area contributed by atoms with E-state index in [2.05, 4.69) is 49.7 Å². The molecular weight excluding hydrogens is 792 g/mol. The molecule has 2 saturated heterocycles. The molecule has 2 aliphatic rings. The van der Waals surface area contributed by atoms with Crippen LogP contribution in [0.1, 0.15) is 29.8 Å². The smallest absolute Gasteiger partial charge is 0.262 e. The number of nitrogens with one attached hydrogen (secondary N) is 3. The van der Waals surface area contributed by atoms with Crippen molar-refractivity contribution < 1.29 is 19.1 Å². The molecule has 4 heterocycles. The number of benzene rings is 4. The van der Waals surface area contributed by atoms with Crippen LogP contribution >= 0.6 is 11.6 Å². The minimum atomic E-state index is -0.238. The second kappa shape index (κ2) is 20.0. The lowest BCUT2D eigenvalue weighted by Crippen LogP contribution is -2.44. The summed E-state index contributed by atoms with van der Waals surface area (Å²) in [5, 5.41) is 11.6. The molecule has 0 atom stereocenters. The molecule has 61 heavy (non-hydrogen) atoms. The molecule has 0 bridgehead atoms. The highest BCUT2D eigenvalue weighted by molar-refractivity contribution is 6.30. The number of fused-ring (bicyclic) bond motifs is 2. The molecule has 2 aliphatic heterocycles. The van der Waals surface area contributed by atoms with Crippen LogP contribution in [0.2, 0.25) is 5.02 Å². The van der Waals surface area contributed by atoms with E-state index in [1.54, 1.807) is 24.3 Å². The van der Waals surface area contributed by atoms with Crippen LogP contribution in [0.4, 0.5) is 23.3 Å². The number of hydrogen-bond donors (Lipinski definition) is 3. The lowest BCUT2D eigenvalue weighted by atomic mass is 10.0. The summed E-state index contributed by atoms with van der Waals surface area (Å²) in [6.45, 7) is 11.4. The highest BCUT2D eigenvalue weighted by Crippen LogP contribution is 2.26. The fourth-order valence-corrected chi connectivity index (χ4v) is 7.40. The van der Waals surface area contributed by atoms with Crippen molar-refractivity contribution in [1.29, 1.82) is 0 Å². The van der Waals surface area contributed by atoms with Gasteiger partial charge in [-0.25, -0.2) is 19.9 Å². The summed E-state index contributed by atoms with van der Waals surface area (Å²) in [4.78, 5) is 50.2. The van der Waals surface area contributed by atoms with Gasteiger partial charge in [0.25, 0.3) is 11.8 Å². The lowest BCUT2D eigenvalue weighted by Gasteiger charge is -2.35. The summed E-state index contributed by atoms with van der Waals surface area (Å²) in [5.74, 6) is 2.36. The summed E-state index contributed by atoms with van der Waals surface area (Å²) in [6, 6.07) is 26.5. The summed E-state index contributed by atoms with van der Waals surface area (Å²) >= 11 is 5.86. The van der Waals surface area contributed by atoms with Crippen molar-refractivity contribution in [2.75, 3.05) is 87.0 Å². The third kappa shape index (κ3) is 11.6. The van der Waals surface area contributed by atoms with Crippen LogP contribution in [-0.4, -0.2) is 109 Å². The van der Waals surface area contributed by atoms with E-state index < -0.39 is 0 Å². The van der Waals surface area contributed by atoms with Crippen molar-refractivity contribution in [3.05, 3.63) is 107 Å². The second-order valence-electron chi connectivity index (χ2n) is 15.5. The van der Waals surface area contributed by atoms with Crippen LogP contribution in [0.3, 0.4) is 0 Å². The Morgan fingerprint density at radius 3 is 1.61 bits per heavy atom. The Hall–Kier alpha value is -6.09. The number of ether oxygens (including phenoxy) is 2. The molecule has 15 heteroatoms. The number of aromatic nitrogens is 4. The fraction of sp³-hybridized carbons (Fsp3) is 0.348. The number of halogens is 1. The van der Waals surface area contributed by atoms with E-state index in [9.17, 15) is 9.59 Å². The first-order valence-electron chi connectivity index (χ1n) is 20.6. The molecule has 0 saturated carbocycles. The minimum absolute atomic E-state index is 0.0431. The summed E-state index contributed by atoms with van der Waals surface area (Å²) in [7, 11) is 4.27. The molecule has 6 aromatic rings. The third-order valence-corrected chi connectivity index (χ3v) is 11.0. The van der Waals surface area contributed by atoms with Crippen molar-refractivity contribution in [2.24, 2.45) is 0 Å². The molecule has 318 valence electrons. The van der Waals surface area contributed by atoms with Gasteiger partial charge in [0, 0.05) is 72.5 Å². The zero-order valence-electron chi connectivity index (χ0n) is 35.4. The molecule has 0 unspecified atom stereocenters. The average Bonchev–Trinajstić information content (AvgIpc) is 3.27. The van der Waals surface area contributed by atoms with Gasteiger partial charge in [0.2, 0.25) is 11.9 Å². The van der Waals surface area contributed by atoms with Gasteiger partial charge in [-0.1, -0.05) is 29.3 Å². The number of carbonyl (C=O) groups excluding carboxylic acids is 2. The van der Waals surface area contributed by atoms with Crippen molar-refractivity contribution in [1.82, 2.24) is 30.2 Å². The molecular formula is C46H53ClN10O4. The molecule has 0 spiro atoms. The van der Waals surface area contributed by atoms with Gasteiger partial charge in [-0.05, 0) is 121 Å². The molecule has 0 radical (unpaired) electrons. The van der Waals surface area contributed by atoms with Gasteiger partial charge < -0.3 is 40.1 Å². The van der Waals surface area contributed by atoms with E-state index in [4.69, 9.17) is 36.0 Å². The summed E-state index contributed by atoms with van der Waals surface area (Å²) < 4.78 is 11.0. The van der Waals surface area contributed by atoms with Gasteiger partial charge in [-0.3, -0.25) is 9.59 Å². The number of amides is 2. The van der Waals surface area contributed by atoms with Crippen LogP contribution in [0, 0.1) is 20.8 Å². The average molecular weight is 845 g/mol. The number of carbonyl (C=O) groups is 2. The Balaban J connectivity index is 0.000000185. The molecule has 2 aromatic heterocycles. The first-order chi connectivity index (χ1) is 29.5. The van der Waals surface area contributed by atoms with E-state index in [-0.39, 0.29) is 25.0 Å². The van der Waals surface area contributed by atoms with E-state index in [0.717, 1.165) is 103 Å². The first-order valence-corrected chi connectivity index (χ1v) is 21.0. The predicted octanol–water partition coefficient (Wildman–Crippen LogP) is 6.81. The number of anilines is 4. The van der Waals surface area contributed by atoms with Crippen LogP contribution in [0.5, 0.6) is 11.5 Å². The topological polar surface area (TPSA) is 150 Å². The highest BCUT2D eigenvalue weighted by Gasteiger charge is 2.23. The van der Waals surface area contributed by atoms with Crippen LogP contribution in [0.25, 0.3) is 21.8 Å². The van der Waals surface area contributed by atoms with E-state index in [1.165, 1.54) is 0 Å². The number of piperazine rings is 1. The summed E-state index contributed by atoms with van der Waals surface area (Å²) in [5.41, 5.74) is 6.09. The number of rotatable bonds is 11. The van der Waals surface area contributed by atoms with Crippen LogP contribution in [0.15, 0.2) is 84.9 Å². The molecule has 8 rings (SSSR count). The molecule has 14 nitrogen and oxygen atoms in total. The Kier molecular flexibility index (Phi) is 14.1.